The quantitative estimate of drug-likeness (QED) is 0.759. The highest BCUT2D eigenvalue weighted by Gasteiger charge is 2.30. The molecule has 1 heterocycles. The van der Waals surface area contributed by atoms with Crippen molar-refractivity contribution in [1.82, 2.24) is 9.97 Å². The lowest BCUT2D eigenvalue weighted by molar-refractivity contribution is 0.128. The fourth-order valence-electron chi connectivity index (χ4n) is 2.22. The molecule has 1 aliphatic rings. The van der Waals surface area contributed by atoms with Crippen LogP contribution in [0.1, 0.15) is 41.9 Å². The predicted molar refractivity (Wildman–Crippen MR) is 82.0 cm³/mol. The van der Waals surface area contributed by atoms with Gasteiger partial charge in [-0.3, -0.25) is 0 Å². The molecule has 0 N–H and O–H groups in total. The lowest BCUT2D eigenvalue weighted by Gasteiger charge is -2.16. The van der Waals surface area contributed by atoms with Gasteiger partial charge in [0.25, 0.3) is 0 Å². The molecule has 104 valence electrons. The molecule has 1 aromatic carbocycles. The highest BCUT2D eigenvalue weighted by Crippen LogP contribution is 2.44. The van der Waals surface area contributed by atoms with Crippen molar-refractivity contribution in [2.24, 2.45) is 0 Å². The molecular weight excluding hydrogens is 340 g/mol. The molecule has 1 aliphatic carbocycles. The van der Waals surface area contributed by atoms with Crippen molar-refractivity contribution >= 4 is 27.5 Å². The normalized spacial score (nSPS) is 16.1. The first kappa shape index (κ1) is 14.0. The van der Waals surface area contributed by atoms with E-state index in [1.807, 2.05) is 30.3 Å². The number of rotatable bonds is 4. The van der Waals surface area contributed by atoms with Crippen LogP contribution in [0, 0.1) is 0 Å². The molecule has 0 amide bonds. The summed E-state index contributed by atoms with van der Waals surface area (Å²) in [7, 11) is 1.66. The SMILES string of the molecule is COC(c1ccccc1)c1nc(Cl)c(Br)c(C2CC2)n1. The van der Waals surface area contributed by atoms with Crippen molar-refractivity contribution in [2.45, 2.75) is 24.9 Å². The number of halogens is 2. The minimum atomic E-state index is -0.292. The van der Waals surface area contributed by atoms with Crippen LogP contribution >= 0.6 is 27.5 Å². The van der Waals surface area contributed by atoms with Crippen LogP contribution in [0.5, 0.6) is 0 Å². The number of aromatic nitrogens is 2. The van der Waals surface area contributed by atoms with Gasteiger partial charge >= 0.3 is 0 Å². The van der Waals surface area contributed by atoms with E-state index in [1.165, 1.54) is 0 Å². The van der Waals surface area contributed by atoms with E-state index < -0.39 is 0 Å². The van der Waals surface area contributed by atoms with E-state index in [2.05, 4.69) is 25.9 Å². The van der Waals surface area contributed by atoms with E-state index in [1.54, 1.807) is 7.11 Å². The van der Waals surface area contributed by atoms with Gasteiger partial charge in [0.15, 0.2) is 5.82 Å². The molecule has 1 aromatic heterocycles. The van der Waals surface area contributed by atoms with Gasteiger partial charge in [-0.05, 0) is 34.3 Å². The van der Waals surface area contributed by atoms with E-state index in [-0.39, 0.29) is 6.10 Å². The largest absolute Gasteiger partial charge is 0.369 e. The summed E-state index contributed by atoms with van der Waals surface area (Å²) in [5.74, 6) is 1.12. The molecule has 1 fully saturated rings. The highest BCUT2D eigenvalue weighted by atomic mass is 79.9. The van der Waals surface area contributed by atoms with Gasteiger partial charge in [0.05, 0.1) is 10.2 Å². The topological polar surface area (TPSA) is 35.0 Å². The molecule has 20 heavy (non-hydrogen) atoms. The second-order valence-corrected chi connectivity index (χ2v) is 6.02. The van der Waals surface area contributed by atoms with Gasteiger partial charge in [-0.15, -0.1) is 0 Å². The first-order valence-corrected chi connectivity index (χ1v) is 7.68. The summed E-state index contributed by atoms with van der Waals surface area (Å²) in [6.45, 7) is 0. The fraction of sp³-hybridized carbons (Fsp3) is 0.333. The Morgan fingerprint density at radius 2 is 1.95 bits per heavy atom. The smallest absolute Gasteiger partial charge is 0.163 e. The molecule has 1 saturated carbocycles. The average Bonchev–Trinajstić information content (AvgIpc) is 3.29. The van der Waals surface area contributed by atoms with Crippen molar-refractivity contribution in [3.63, 3.8) is 0 Å². The van der Waals surface area contributed by atoms with E-state index in [4.69, 9.17) is 16.3 Å². The molecular formula is C15H14BrClN2O. The zero-order valence-electron chi connectivity index (χ0n) is 11.0. The summed E-state index contributed by atoms with van der Waals surface area (Å²) in [6.07, 6.45) is 2.03. The summed E-state index contributed by atoms with van der Waals surface area (Å²) >= 11 is 9.71. The number of methoxy groups -OCH3 is 1. The molecule has 3 nitrogen and oxygen atoms in total. The zero-order valence-corrected chi connectivity index (χ0v) is 13.4. The summed E-state index contributed by atoms with van der Waals surface area (Å²) in [5, 5.41) is 0.454. The lowest BCUT2D eigenvalue weighted by atomic mass is 10.1. The third-order valence-electron chi connectivity index (χ3n) is 3.39. The van der Waals surface area contributed by atoms with E-state index in [9.17, 15) is 0 Å². The first-order chi connectivity index (χ1) is 9.70. The number of nitrogens with zero attached hydrogens (tertiary/aromatic N) is 2. The van der Waals surface area contributed by atoms with Gasteiger partial charge in [0.1, 0.15) is 11.3 Å². The Morgan fingerprint density at radius 1 is 1.25 bits per heavy atom. The van der Waals surface area contributed by atoms with Crippen LogP contribution in [0.25, 0.3) is 0 Å². The Hall–Kier alpha value is -0.970. The first-order valence-electron chi connectivity index (χ1n) is 6.51. The molecule has 0 aliphatic heterocycles. The van der Waals surface area contributed by atoms with Gasteiger partial charge in [0, 0.05) is 13.0 Å². The number of benzene rings is 1. The van der Waals surface area contributed by atoms with Crippen molar-refractivity contribution in [3.05, 3.63) is 57.0 Å². The van der Waals surface area contributed by atoms with Gasteiger partial charge in [-0.1, -0.05) is 41.9 Å². The molecule has 0 spiro atoms. The van der Waals surface area contributed by atoms with Crippen molar-refractivity contribution in [2.75, 3.05) is 7.11 Å². The molecule has 5 heteroatoms. The van der Waals surface area contributed by atoms with Crippen LogP contribution in [-0.2, 0) is 4.74 Å². The van der Waals surface area contributed by atoms with Crippen LogP contribution in [-0.4, -0.2) is 17.1 Å². The zero-order chi connectivity index (χ0) is 14.1. The third-order valence-corrected chi connectivity index (χ3v) is 4.67. The predicted octanol–water partition coefficient (Wildman–Crippen LogP) is 4.51. The van der Waals surface area contributed by atoms with Crippen molar-refractivity contribution < 1.29 is 4.74 Å². The molecule has 3 rings (SSSR count). The minimum absolute atomic E-state index is 0.292. The second kappa shape index (κ2) is 5.80. The van der Waals surface area contributed by atoms with Gasteiger partial charge in [-0.2, -0.15) is 0 Å². The van der Waals surface area contributed by atoms with Crippen LogP contribution < -0.4 is 0 Å². The maximum Gasteiger partial charge on any atom is 0.163 e. The highest BCUT2D eigenvalue weighted by molar-refractivity contribution is 9.10. The van der Waals surface area contributed by atoms with E-state index >= 15 is 0 Å². The minimum Gasteiger partial charge on any atom is -0.369 e. The Kier molecular flexibility index (Phi) is 4.06. The van der Waals surface area contributed by atoms with Crippen molar-refractivity contribution in [3.8, 4) is 0 Å². The summed E-state index contributed by atoms with van der Waals surface area (Å²) in [5.41, 5.74) is 2.02. The summed E-state index contributed by atoms with van der Waals surface area (Å²) in [4.78, 5) is 9.05. The Morgan fingerprint density at radius 3 is 2.55 bits per heavy atom. The van der Waals surface area contributed by atoms with Crippen LogP contribution in [0.4, 0.5) is 0 Å². The van der Waals surface area contributed by atoms with Crippen LogP contribution in [0.2, 0.25) is 5.15 Å². The maximum atomic E-state index is 6.23. The number of hydrogen-bond acceptors (Lipinski definition) is 3. The number of ether oxygens (including phenoxy) is 1. The number of hydrogen-bond donors (Lipinski definition) is 0. The molecule has 0 bridgehead atoms. The van der Waals surface area contributed by atoms with Crippen molar-refractivity contribution in [1.29, 1.82) is 0 Å². The molecule has 1 atom stereocenters. The average molecular weight is 354 g/mol. The Balaban J connectivity index is 2.04. The molecule has 1 unspecified atom stereocenters. The second-order valence-electron chi connectivity index (χ2n) is 4.87. The molecule has 2 aromatic rings. The Bertz CT molecular complexity index is 617. The Labute approximate surface area is 131 Å². The monoisotopic (exact) mass is 352 g/mol. The van der Waals surface area contributed by atoms with E-state index in [0.717, 1.165) is 28.6 Å². The standard InChI is InChI=1S/C15H14BrClN2O/c1-20-13(10-5-3-2-4-6-10)15-18-12(9-7-8-9)11(16)14(17)19-15/h2-6,9,13H,7-8H2,1H3. The van der Waals surface area contributed by atoms with Gasteiger partial charge in [0.2, 0.25) is 0 Å². The summed E-state index contributed by atoms with van der Waals surface area (Å²) < 4.78 is 6.39. The van der Waals surface area contributed by atoms with Gasteiger partial charge < -0.3 is 4.74 Å². The summed E-state index contributed by atoms with van der Waals surface area (Å²) in [6, 6.07) is 9.93. The van der Waals surface area contributed by atoms with Crippen LogP contribution in [0.15, 0.2) is 34.8 Å². The van der Waals surface area contributed by atoms with E-state index in [0.29, 0.717) is 16.9 Å². The third kappa shape index (κ3) is 2.73. The molecule has 0 radical (unpaired) electrons. The maximum absolute atomic E-state index is 6.23. The van der Waals surface area contributed by atoms with Gasteiger partial charge in [-0.25, -0.2) is 9.97 Å². The molecule has 0 saturated heterocycles. The fourth-order valence-corrected chi connectivity index (χ4v) is 2.90. The lowest BCUT2D eigenvalue weighted by Crippen LogP contribution is -2.10. The van der Waals surface area contributed by atoms with Crippen LogP contribution in [0.3, 0.4) is 0 Å².